The van der Waals surface area contributed by atoms with Gasteiger partial charge in [-0.25, -0.2) is 4.79 Å². The Labute approximate surface area is 158 Å². The highest BCUT2D eigenvalue weighted by molar-refractivity contribution is 5.90. The summed E-state index contributed by atoms with van der Waals surface area (Å²) in [4.78, 5) is 23.0. The van der Waals surface area contributed by atoms with Crippen molar-refractivity contribution in [1.29, 1.82) is 0 Å². The molecule has 140 valence electrons. The van der Waals surface area contributed by atoms with E-state index in [4.69, 9.17) is 9.47 Å². The Hall–Kier alpha value is -3.08. The van der Waals surface area contributed by atoms with Gasteiger partial charge >= 0.3 is 5.97 Å². The molecule has 3 aromatic rings. The van der Waals surface area contributed by atoms with Gasteiger partial charge in [-0.05, 0) is 30.2 Å². The fraction of sp³-hybridized carbons (Fsp3) is 0.273. The minimum atomic E-state index is -0.396. The molecule has 0 fully saturated rings. The number of hydrogen-bond donors (Lipinski definition) is 0. The van der Waals surface area contributed by atoms with Crippen LogP contribution in [0.15, 0.2) is 42.6 Å². The highest BCUT2D eigenvalue weighted by Crippen LogP contribution is 2.27. The average Bonchev–Trinajstić information content (AvgIpc) is 3.04. The van der Waals surface area contributed by atoms with E-state index in [-0.39, 0.29) is 0 Å². The second kappa shape index (κ2) is 8.08. The van der Waals surface area contributed by atoms with Crippen molar-refractivity contribution in [1.82, 2.24) is 4.57 Å². The number of methoxy groups -OCH3 is 2. The number of carbonyl (C=O) groups excluding carboxylic acids is 2. The lowest BCUT2D eigenvalue weighted by atomic mass is 10.1. The van der Waals surface area contributed by atoms with E-state index in [9.17, 15) is 9.59 Å². The number of benzene rings is 2. The first-order valence-electron chi connectivity index (χ1n) is 8.93. The average molecular weight is 365 g/mol. The Kier molecular flexibility index (Phi) is 5.60. The molecule has 0 unspecified atom stereocenters. The number of aldehydes is 1. The van der Waals surface area contributed by atoms with Crippen molar-refractivity contribution >= 4 is 23.2 Å². The number of rotatable bonds is 7. The molecule has 0 aliphatic rings. The van der Waals surface area contributed by atoms with Gasteiger partial charge in [0.1, 0.15) is 12.0 Å². The lowest BCUT2D eigenvalue weighted by molar-refractivity contribution is 0.0600. The van der Waals surface area contributed by atoms with Crippen LogP contribution in [0.1, 0.15) is 45.2 Å². The van der Waals surface area contributed by atoms with Crippen molar-refractivity contribution in [3.05, 3.63) is 64.8 Å². The van der Waals surface area contributed by atoms with Crippen molar-refractivity contribution in [2.24, 2.45) is 0 Å². The topological polar surface area (TPSA) is 57.5 Å². The van der Waals surface area contributed by atoms with E-state index >= 15 is 0 Å². The highest BCUT2D eigenvalue weighted by atomic mass is 16.5. The Morgan fingerprint density at radius 1 is 1.11 bits per heavy atom. The molecule has 0 saturated carbocycles. The molecule has 2 aromatic carbocycles. The van der Waals surface area contributed by atoms with Crippen molar-refractivity contribution in [2.45, 2.75) is 26.3 Å². The van der Waals surface area contributed by atoms with Gasteiger partial charge in [-0.1, -0.05) is 31.5 Å². The first-order chi connectivity index (χ1) is 13.1. The molecule has 5 nitrogen and oxygen atoms in total. The molecule has 0 aliphatic carbocycles. The maximum Gasteiger partial charge on any atom is 0.337 e. The van der Waals surface area contributed by atoms with E-state index in [2.05, 4.69) is 17.7 Å². The molecule has 27 heavy (non-hydrogen) atoms. The number of esters is 1. The smallest absolute Gasteiger partial charge is 0.337 e. The van der Waals surface area contributed by atoms with Crippen LogP contribution in [0.4, 0.5) is 0 Å². The molecule has 0 atom stereocenters. The van der Waals surface area contributed by atoms with Gasteiger partial charge < -0.3 is 14.0 Å². The SMILES string of the molecule is CCCc1cn(Cc2ccc(C(=O)OC)cc2OC)c2cc(C=O)ccc12. The number of aryl methyl sites for hydroxylation is 1. The van der Waals surface area contributed by atoms with Gasteiger partial charge in [-0.3, -0.25) is 4.79 Å². The first kappa shape index (κ1) is 18.7. The van der Waals surface area contributed by atoms with Crippen molar-refractivity contribution < 1.29 is 19.1 Å². The van der Waals surface area contributed by atoms with Crippen molar-refractivity contribution in [3.8, 4) is 5.75 Å². The van der Waals surface area contributed by atoms with E-state index < -0.39 is 5.97 Å². The minimum Gasteiger partial charge on any atom is -0.496 e. The van der Waals surface area contributed by atoms with E-state index in [1.807, 2.05) is 24.3 Å². The van der Waals surface area contributed by atoms with E-state index in [1.54, 1.807) is 19.2 Å². The molecule has 0 N–H and O–H groups in total. The number of aromatic nitrogens is 1. The second-order valence-corrected chi connectivity index (χ2v) is 6.44. The first-order valence-corrected chi connectivity index (χ1v) is 8.93. The van der Waals surface area contributed by atoms with Crippen LogP contribution in [-0.2, 0) is 17.7 Å². The maximum atomic E-state index is 11.8. The monoisotopic (exact) mass is 365 g/mol. The predicted octanol–water partition coefficient (Wildman–Crippen LogP) is 4.25. The molecule has 1 heterocycles. The fourth-order valence-corrected chi connectivity index (χ4v) is 3.36. The summed E-state index contributed by atoms with van der Waals surface area (Å²) >= 11 is 0. The Morgan fingerprint density at radius 2 is 1.93 bits per heavy atom. The lowest BCUT2D eigenvalue weighted by Crippen LogP contribution is -2.05. The van der Waals surface area contributed by atoms with Gasteiger partial charge in [0.2, 0.25) is 0 Å². The van der Waals surface area contributed by atoms with Crippen LogP contribution in [0.3, 0.4) is 0 Å². The molecule has 0 spiro atoms. The molecule has 0 aliphatic heterocycles. The van der Waals surface area contributed by atoms with Crippen LogP contribution < -0.4 is 4.74 Å². The van der Waals surface area contributed by atoms with Crippen molar-refractivity contribution in [3.63, 3.8) is 0 Å². The molecule has 0 bridgehead atoms. The summed E-state index contributed by atoms with van der Waals surface area (Å²) in [5, 5.41) is 1.16. The zero-order valence-electron chi connectivity index (χ0n) is 15.8. The van der Waals surface area contributed by atoms with Gasteiger partial charge in [0.05, 0.1) is 26.3 Å². The quantitative estimate of drug-likeness (QED) is 0.464. The van der Waals surface area contributed by atoms with E-state index in [1.165, 1.54) is 12.7 Å². The lowest BCUT2D eigenvalue weighted by Gasteiger charge is -2.12. The predicted molar refractivity (Wildman–Crippen MR) is 105 cm³/mol. The summed E-state index contributed by atoms with van der Waals surface area (Å²) in [6.45, 7) is 2.73. The van der Waals surface area contributed by atoms with Crippen LogP contribution in [0.25, 0.3) is 10.9 Å². The summed E-state index contributed by atoms with van der Waals surface area (Å²) in [5.74, 6) is 0.232. The van der Waals surface area contributed by atoms with Gasteiger partial charge in [-0.2, -0.15) is 0 Å². The molecule has 0 radical (unpaired) electrons. The number of ether oxygens (including phenoxy) is 2. The van der Waals surface area contributed by atoms with Gasteiger partial charge in [0.25, 0.3) is 0 Å². The van der Waals surface area contributed by atoms with Crippen LogP contribution in [0, 0.1) is 0 Å². The summed E-state index contributed by atoms with van der Waals surface area (Å²) in [6, 6.07) is 11.1. The third-order valence-electron chi connectivity index (χ3n) is 4.69. The third-order valence-corrected chi connectivity index (χ3v) is 4.69. The fourth-order valence-electron chi connectivity index (χ4n) is 3.36. The minimum absolute atomic E-state index is 0.396. The van der Waals surface area contributed by atoms with Gasteiger partial charge in [0.15, 0.2) is 0 Å². The van der Waals surface area contributed by atoms with Crippen LogP contribution in [-0.4, -0.2) is 31.0 Å². The standard InChI is InChI=1S/C22H23NO4/c1-4-5-17-12-23(20-10-15(14-24)6-9-19(17)20)13-18-8-7-16(22(25)27-3)11-21(18)26-2/h6-12,14H,4-5,13H2,1-3H3. The zero-order chi connectivity index (χ0) is 19.4. The van der Waals surface area contributed by atoms with Crippen LogP contribution >= 0.6 is 0 Å². The summed E-state index contributed by atoms with van der Waals surface area (Å²) in [5.41, 5.74) is 4.32. The summed E-state index contributed by atoms with van der Waals surface area (Å²) < 4.78 is 12.4. The van der Waals surface area contributed by atoms with Crippen molar-refractivity contribution in [2.75, 3.05) is 14.2 Å². The van der Waals surface area contributed by atoms with Gasteiger partial charge in [-0.15, -0.1) is 0 Å². The second-order valence-electron chi connectivity index (χ2n) is 6.44. The number of fused-ring (bicyclic) bond motifs is 1. The Balaban J connectivity index is 2.05. The largest absolute Gasteiger partial charge is 0.496 e. The third kappa shape index (κ3) is 3.72. The highest BCUT2D eigenvalue weighted by Gasteiger charge is 2.14. The zero-order valence-corrected chi connectivity index (χ0v) is 15.8. The molecular formula is C22H23NO4. The molecule has 0 saturated heterocycles. The summed E-state index contributed by atoms with van der Waals surface area (Å²) in [6.07, 6.45) is 5.02. The molecule has 1 aromatic heterocycles. The molecule has 5 heteroatoms. The maximum absolute atomic E-state index is 11.8. The Morgan fingerprint density at radius 3 is 2.59 bits per heavy atom. The van der Waals surface area contributed by atoms with Crippen LogP contribution in [0.2, 0.25) is 0 Å². The van der Waals surface area contributed by atoms with Gasteiger partial charge in [0, 0.05) is 28.2 Å². The molecular weight excluding hydrogens is 342 g/mol. The van der Waals surface area contributed by atoms with E-state index in [0.717, 1.165) is 35.6 Å². The molecule has 3 rings (SSSR count). The normalized spacial score (nSPS) is 10.8. The summed E-state index contributed by atoms with van der Waals surface area (Å²) in [7, 11) is 2.94. The number of carbonyl (C=O) groups is 2. The Bertz CT molecular complexity index is 987. The van der Waals surface area contributed by atoms with Crippen LogP contribution in [0.5, 0.6) is 5.75 Å². The number of hydrogen-bond acceptors (Lipinski definition) is 4. The van der Waals surface area contributed by atoms with E-state index in [0.29, 0.717) is 23.4 Å². The number of nitrogens with zero attached hydrogens (tertiary/aromatic N) is 1. The molecule has 0 amide bonds.